The standard InChI is InChI=1S/C23H30N10O3/c1-14(22(34)31-9-7-30(8-10-31)16-4-5-17(16)36-12-6-24)32-13-15-19(28-32)27-23(25)33-21(15)26-20(29-33)18-3-2-11-35-18/h2-3,11,13-14,16-17H,4-10,12,24H2,1H3,(H2,25,27,28)/t14?,16-,17?/m0/s1. The van der Waals surface area contributed by atoms with Gasteiger partial charge in [-0.15, -0.1) is 5.10 Å². The molecule has 0 radical (unpaired) electrons. The molecule has 2 unspecified atom stereocenters. The van der Waals surface area contributed by atoms with Crippen molar-refractivity contribution in [3.63, 3.8) is 0 Å². The number of carbonyl (C=O) groups is 1. The van der Waals surface area contributed by atoms with E-state index >= 15 is 0 Å². The van der Waals surface area contributed by atoms with E-state index in [1.54, 1.807) is 29.3 Å². The highest BCUT2D eigenvalue weighted by Crippen LogP contribution is 2.30. The minimum atomic E-state index is -0.496. The van der Waals surface area contributed by atoms with Crippen LogP contribution < -0.4 is 11.5 Å². The van der Waals surface area contributed by atoms with Gasteiger partial charge in [0, 0.05) is 45.0 Å². The maximum atomic E-state index is 13.3. The monoisotopic (exact) mass is 494 g/mol. The Bertz CT molecular complexity index is 1370. The van der Waals surface area contributed by atoms with E-state index in [9.17, 15) is 4.79 Å². The van der Waals surface area contributed by atoms with Crippen LogP contribution >= 0.6 is 0 Å². The molecule has 13 heteroatoms. The molecule has 3 atom stereocenters. The topological polar surface area (TPSA) is 159 Å². The molecule has 1 aliphatic heterocycles. The maximum Gasteiger partial charge on any atom is 0.247 e. The van der Waals surface area contributed by atoms with Gasteiger partial charge in [-0.2, -0.15) is 14.6 Å². The van der Waals surface area contributed by atoms with Crippen molar-refractivity contribution in [3.05, 3.63) is 24.6 Å². The molecular formula is C23H30N10O3. The van der Waals surface area contributed by atoms with Crippen molar-refractivity contribution in [2.75, 3.05) is 45.1 Å². The summed E-state index contributed by atoms with van der Waals surface area (Å²) in [5.41, 5.74) is 12.6. The van der Waals surface area contributed by atoms with Crippen LogP contribution in [0.4, 0.5) is 5.95 Å². The minimum Gasteiger partial charge on any atom is -0.461 e. The van der Waals surface area contributed by atoms with Gasteiger partial charge in [0.25, 0.3) is 0 Å². The number of anilines is 1. The summed E-state index contributed by atoms with van der Waals surface area (Å²) in [6.07, 6.45) is 5.81. The Hall–Kier alpha value is -3.55. The summed E-state index contributed by atoms with van der Waals surface area (Å²) < 4.78 is 14.4. The highest BCUT2D eigenvalue weighted by Gasteiger charge is 2.38. The number of rotatable bonds is 7. The summed E-state index contributed by atoms with van der Waals surface area (Å²) in [6.45, 7) is 6.01. The molecule has 4 aromatic rings. The van der Waals surface area contributed by atoms with Crippen molar-refractivity contribution in [2.45, 2.75) is 38.0 Å². The first-order chi connectivity index (χ1) is 17.5. The molecule has 0 bridgehead atoms. The molecule has 1 saturated carbocycles. The predicted octanol–water partition coefficient (Wildman–Crippen LogP) is 0.528. The van der Waals surface area contributed by atoms with E-state index in [1.807, 2.05) is 11.8 Å². The lowest BCUT2D eigenvalue weighted by Crippen LogP contribution is -2.59. The molecule has 13 nitrogen and oxygen atoms in total. The second-order valence-corrected chi connectivity index (χ2v) is 9.34. The first-order valence-corrected chi connectivity index (χ1v) is 12.3. The zero-order valence-corrected chi connectivity index (χ0v) is 20.2. The number of furan rings is 1. The molecular weight excluding hydrogens is 464 g/mol. The van der Waals surface area contributed by atoms with Gasteiger partial charge >= 0.3 is 0 Å². The third-order valence-corrected chi connectivity index (χ3v) is 7.21. The first-order valence-electron chi connectivity index (χ1n) is 12.3. The molecule has 2 aliphatic rings. The Morgan fingerprint density at radius 3 is 2.75 bits per heavy atom. The van der Waals surface area contributed by atoms with Gasteiger partial charge in [-0.1, -0.05) is 0 Å². The van der Waals surface area contributed by atoms with Gasteiger partial charge in [-0.25, -0.2) is 4.98 Å². The number of hydrogen-bond donors (Lipinski definition) is 2. The number of nitrogens with zero attached hydrogens (tertiary/aromatic N) is 8. The lowest BCUT2D eigenvalue weighted by Gasteiger charge is -2.47. The second-order valence-electron chi connectivity index (χ2n) is 9.34. The normalized spacial score (nSPS) is 21.8. The molecule has 2 fully saturated rings. The number of ether oxygens (including phenoxy) is 1. The Morgan fingerprint density at radius 1 is 1.22 bits per heavy atom. The summed E-state index contributed by atoms with van der Waals surface area (Å²) >= 11 is 0. The van der Waals surface area contributed by atoms with Crippen LogP contribution in [-0.2, 0) is 9.53 Å². The lowest BCUT2D eigenvalue weighted by atomic mass is 9.87. The van der Waals surface area contributed by atoms with Gasteiger partial charge in [0.1, 0.15) is 6.04 Å². The molecule has 1 amide bonds. The summed E-state index contributed by atoms with van der Waals surface area (Å²) in [5.74, 6) is 1.11. The molecule has 36 heavy (non-hydrogen) atoms. The van der Waals surface area contributed by atoms with Crippen LogP contribution in [0.3, 0.4) is 0 Å². The van der Waals surface area contributed by atoms with Gasteiger partial charge in [0.05, 0.1) is 24.4 Å². The minimum absolute atomic E-state index is 0.0220. The molecule has 6 rings (SSSR count). The maximum absolute atomic E-state index is 13.3. The molecule has 0 spiro atoms. The summed E-state index contributed by atoms with van der Waals surface area (Å²) in [5, 5.41) is 9.63. The van der Waals surface area contributed by atoms with E-state index in [0.717, 1.165) is 25.9 Å². The number of hydrogen-bond acceptors (Lipinski definition) is 10. The van der Waals surface area contributed by atoms with E-state index in [0.29, 0.717) is 60.5 Å². The summed E-state index contributed by atoms with van der Waals surface area (Å²) in [6, 6.07) is 3.47. The van der Waals surface area contributed by atoms with Crippen LogP contribution in [0.25, 0.3) is 28.3 Å². The second kappa shape index (κ2) is 9.15. The van der Waals surface area contributed by atoms with Crippen molar-refractivity contribution >= 4 is 28.5 Å². The summed E-state index contributed by atoms with van der Waals surface area (Å²) in [4.78, 5) is 26.6. The van der Waals surface area contributed by atoms with Gasteiger partial charge in [0.15, 0.2) is 17.1 Å². The van der Waals surface area contributed by atoms with Gasteiger partial charge in [-0.3, -0.25) is 14.4 Å². The predicted molar refractivity (Wildman–Crippen MR) is 131 cm³/mol. The van der Waals surface area contributed by atoms with Crippen molar-refractivity contribution in [1.29, 1.82) is 0 Å². The largest absolute Gasteiger partial charge is 0.461 e. The average molecular weight is 495 g/mol. The third kappa shape index (κ3) is 3.88. The fourth-order valence-corrected chi connectivity index (χ4v) is 5.07. The SMILES string of the molecule is CC(C(=O)N1CCN([C@H]2CCC2OCCN)CC1)n1cc2c(nc(N)n3nc(-c4ccco4)nc23)n1. The Labute approximate surface area is 207 Å². The van der Waals surface area contributed by atoms with Crippen molar-refractivity contribution in [2.24, 2.45) is 5.73 Å². The van der Waals surface area contributed by atoms with Crippen LogP contribution in [0, 0.1) is 0 Å². The quantitative estimate of drug-likeness (QED) is 0.371. The van der Waals surface area contributed by atoms with Crippen molar-refractivity contribution < 1.29 is 13.9 Å². The number of piperazine rings is 1. The van der Waals surface area contributed by atoms with E-state index in [-0.39, 0.29) is 18.0 Å². The van der Waals surface area contributed by atoms with Crippen LogP contribution in [0.2, 0.25) is 0 Å². The molecule has 4 N–H and O–H groups in total. The average Bonchev–Trinajstić information content (AvgIpc) is 3.62. The Morgan fingerprint density at radius 2 is 2.06 bits per heavy atom. The molecule has 190 valence electrons. The van der Waals surface area contributed by atoms with Gasteiger partial charge < -0.3 is 25.5 Å². The van der Waals surface area contributed by atoms with Crippen molar-refractivity contribution in [3.8, 4) is 11.6 Å². The van der Waals surface area contributed by atoms with Crippen LogP contribution in [0.15, 0.2) is 29.0 Å². The number of fused-ring (bicyclic) bond motifs is 3. The molecule has 4 aromatic heterocycles. The molecule has 5 heterocycles. The first kappa shape index (κ1) is 22.9. The number of nitrogens with two attached hydrogens (primary N) is 2. The van der Waals surface area contributed by atoms with Crippen LogP contribution in [0.1, 0.15) is 25.8 Å². The van der Waals surface area contributed by atoms with Crippen molar-refractivity contribution in [1.82, 2.24) is 39.2 Å². The number of nitrogen functional groups attached to an aromatic ring is 1. The smallest absolute Gasteiger partial charge is 0.247 e. The lowest BCUT2D eigenvalue weighted by molar-refractivity contribution is -0.138. The number of amides is 1. The Balaban J connectivity index is 1.17. The highest BCUT2D eigenvalue weighted by atomic mass is 16.5. The number of aromatic nitrogens is 6. The number of carbonyl (C=O) groups excluding carboxylic acids is 1. The summed E-state index contributed by atoms with van der Waals surface area (Å²) in [7, 11) is 0. The van der Waals surface area contributed by atoms with E-state index in [4.69, 9.17) is 20.6 Å². The van der Waals surface area contributed by atoms with Crippen LogP contribution in [-0.4, -0.2) is 96.5 Å². The molecule has 1 aliphatic carbocycles. The fraction of sp³-hybridized carbons (Fsp3) is 0.522. The van der Waals surface area contributed by atoms with E-state index in [2.05, 4.69) is 25.1 Å². The highest BCUT2D eigenvalue weighted by molar-refractivity contribution is 5.90. The molecule has 1 saturated heterocycles. The fourth-order valence-electron chi connectivity index (χ4n) is 5.07. The van der Waals surface area contributed by atoms with E-state index in [1.165, 1.54) is 4.52 Å². The van der Waals surface area contributed by atoms with Gasteiger partial charge in [-0.05, 0) is 31.9 Å². The zero-order chi connectivity index (χ0) is 24.8. The zero-order valence-electron chi connectivity index (χ0n) is 20.2. The van der Waals surface area contributed by atoms with E-state index < -0.39 is 6.04 Å². The third-order valence-electron chi connectivity index (χ3n) is 7.21. The molecule has 0 aromatic carbocycles. The van der Waals surface area contributed by atoms with Crippen LogP contribution in [0.5, 0.6) is 0 Å². The van der Waals surface area contributed by atoms with Gasteiger partial charge in [0.2, 0.25) is 17.7 Å². The Kier molecular flexibility index (Phi) is 5.82.